The number of thiocarbonyl (C=S) groups is 1. The highest BCUT2D eigenvalue weighted by atomic mass is 32.1. The Morgan fingerprint density at radius 1 is 1.56 bits per heavy atom. The molecule has 5 heteroatoms. The maximum Gasteiger partial charge on any atom is 0.136 e. The van der Waals surface area contributed by atoms with Crippen molar-refractivity contribution in [3.05, 3.63) is 23.4 Å². The molecule has 0 aliphatic heterocycles. The molecule has 0 bridgehead atoms. The summed E-state index contributed by atoms with van der Waals surface area (Å²) in [5, 5.41) is 3.33. The van der Waals surface area contributed by atoms with E-state index in [-0.39, 0.29) is 0 Å². The van der Waals surface area contributed by atoms with Crippen LogP contribution in [0.3, 0.4) is 0 Å². The van der Waals surface area contributed by atoms with Crippen molar-refractivity contribution in [3.8, 4) is 0 Å². The summed E-state index contributed by atoms with van der Waals surface area (Å²) in [7, 11) is 2.16. The van der Waals surface area contributed by atoms with E-state index >= 15 is 0 Å². The van der Waals surface area contributed by atoms with Crippen LogP contribution in [0.5, 0.6) is 0 Å². The van der Waals surface area contributed by atoms with Gasteiger partial charge in [-0.05, 0) is 38.9 Å². The molecule has 18 heavy (non-hydrogen) atoms. The summed E-state index contributed by atoms with van der Waals surface area (Å²) in [5.74, 6) is 0.798. The quantitative estimate of drug-likeness (QED) is 0.763. The first kappa shape index (κ1) is 13.2. The topological polar surface area (TPSA) is 54.2 Å². The number of aromatic nitrogens is 1. The molecule has 0 radical (unpaired) electrons. The lowest BCUT2D eigenvalue weighted by atomic mass is 10.2. The van der Waals surface area contributed by atoms with Crippen molar-refractivity contribution in [1.29, 1.82) is 0 Å². The van der Waals surface area contributed by atoms with Gasteiger partial charge < -0.3 is 16.0 Å². The SMILES string of the molecule is Cc1ccc(C(N)=S)c(NCCN(C)C2CC2)n1. The van der Waals surface area contributed by atoms with Gasteiger partial charge in [0.1, 0.15) is 10.8 Å². The largest absolute Gasteiger partial charge is 0.389 e. The molecule has 1 aromatic rings. The fraction of sp³-hybridized carbons (Fsp3) is 0.538. The van der Waals surface area contributed by atoms with Crippen LogP contribution in [0.4, 0.5) is 5.82 Å². The maximum absolute atomic E-state index is 5.70. The molecule has 1 aliphatic rings. The number of hydrogen-bond acceptors (Lipinski definition) is 4. The molecular weight excluding hydrogens is 244 g/mol. The zero-order chi connectivity index (χ0) is 13.1. The second kappa shape index (κ2) is 5.63. The van der Waals surface area contributed by atoms with E-state index in [1.54, 1.807) is 0 Å². The van der Waals surface area contributed by atoms with E-state index < -0.39 is 0 Å². The Morgan fingerprint density at radius 2 is 2.28 bits per heavy atom. The molecule has 1 heterocycles. The third-order valence-corrected chi connectivity index (χ3v) is 3.45. The average Bonchev–Trinajstić information content (AvgIpc) is 3.12. The number of nitrogens with two attached hydrogens (primary N) is 1. The van der Waals surface area contributed by atoms with Crippen molar-refractivity contribution >= 4 is 23.0 Å². The number of pyridine rings is 1. The lowest BCUT2D eigenvalue weighted by Gasteiger charge is -2.17. The Balaban J connectivity index is 1.94. The highest BCUT2D eigenvalue weighted by molar-refractivity contribution is 7.80. The van der Waals surface area contributed by atoms with E-state index in [1.807, 2.05) is 19.1 Å². The van der Waals surface area contributed by atoms with Crippen LogP contribution >= 0.6 is 12.2 Å². The molecule has 98 valence electrons. The van der Waals surface area contributed by atoms with Crippen LogP contribution in [0.2, 0.25) is 0 Å². The van der Waals surface area contributed by atoms with E-state index in [4.69, 9.17) is 18.0 Å². The summed E-state index contributed by atoms with van der Waals surface area (Å²) in [6, 6.07) is 4.64. The third-order valence-electron chi connectivity index (χ3n) is 3.23. The normalized spacial score (nSPS) is 14.8. The molecule has 3 N–H and O–H groups in total. The summed E-state index contributed by atoms with van der Waals surface area (Å²) in [4.78, 5) is 7.22. The molecular formula is C13H20N4S. The van der Waals surface area contributed by atoms with Gasteiger partial charge in [-0.3, -0.25) is 0 Å². The first-order valence-corrected chi connectivity index (χ1v) is 6.70. The van der Waals surface area contributed by atoms with Gasteiger partial charge in [0.15, 0.2) is 0 Å². The maximum atomic E-state index is 5.70. The van der Waals surface area contributed by atoms with Crippen molar-refractivity contribution in [2.45, 2.75) is 25.8 Å². The Labute approximate surface area is 114 Å². The van der Waals surface area contributed by atoms with Crippen molar-refractivity contribution in [1.82, 2.24) is 9.88 Å². The predicted molar refractivity (Wildman–Crippen MR) is 79.0 cm³/mol. The molecule has 1 saturated carbocycles. The van der Waals surface area contributed by atoms with Crippen LogP contribution in [0.15, 0.2) is 12.1 Å². The number of likely N-dealkylation sites (N-methyl/N-ethyl adjacent to an activating group) is 1. The van der Waals surface area contributed by atoms with Crippen LogP contribution in [0.25, 0.3) is 0 Å². The summed E-state index contributed by atoms with van der Waals surface area (Å²) >= 11 is 5.03. The van der Waals surface area contributed by atoms with Crippen LogP contribution in [-0.4, -0.2) is 41.1 Å². The molecule has 1 aromatic heterocycles. The van der Waals surface area contributed by atoms with Gasteiger partial charge in [0.25, 0.3) is 0 Å². The Morgan fingerprint density at radius 3 is 2.89 bits per heavy atom. The fourth-order valence-electron chi connectivity index (χ4n) is 1.94. The van der Waals surface area contributed by atoms with Gasteiger partial charge in [0, 0.05) is 24.8 Å². The van der Waals surface area contributed by atoms with Gasteiger partial charge in [-0.1, -0.05) is 12.2 Å². The minimum Gasteiger partial charge on any atom is -0.389 e. The molecule has 0 amide bonds. The highest BCUT2D eigenvalue weighted by Crippen LogP contribution is 2.24. The molecule has 0 spiro atoms. The monoisotopic (exact) mass is 264 g/mol. The second-order valence-electron chi connectivity index (χ2n) is 4.85. The summed E-state index contributed by atoms with van der Waals surface area (Å²) < 4.78 is 0. The number of nitrogens with one attached hydrogen (secondary N) is 1. The average molecular weight is 264 g/mol. The minimum absolute atomic E-state index is 0.389. The van der Waals surface area contributed by atoms with E-state index in [1.165, 1.54) is 12.8 Å². The van der Waals surface area contributed by atoms with Crippen LogP contribution in [-0.2, 0) is 0 Å². The molecule has 1 aliphatic carbocycles. The Bertz CT molecular complexity index is 443. The minimum atomic E-state index is 0.389. The standard InChI is InChI=1S/C13H20N4S/c1-9-3-6-11(12(14)18)13(16-9)15-7-8-17(2)10-4-5-10/h3,6,10H,4-5,7-8H2,1-2H3,(H2,14,18)(H,15,16). The van der Waals surface area contributed by atoms with Crippen LogP contribution in [0, 0.1) is 6.92 Å². The zero-order valence-corrected chi connectivity index (χ0v) is 11.8. The predicted octanol–water partition coefficient (Wildman–Crippen LogP) is 1.53. The second-order valence-corrected chi connectivity index (χ2v) is 5.29. The van der Waals surface area contributed by atoms with Gasteiger partial charge >= 0.3 is 0 Å². The summed E-state index contributed by atoms with van der Waals surface area (Å²) in [6.45, 7) is 3.83. The first-order valence-electron chi connectivity index (χ1n) is 6.29. The number of rotatable bonds is 6. The Hall–Kier alpha value is -1.20. The summed E-state index contributed by atoms with van der Waals surface area (Å²) in [6.07, 6.45) is 2.66. The number of anilines is 1. The van der Waals surface area contributed by atoms with E-state index in [0.717, 1.165) is 36.2 Å². The molecule has 2 rings (SSSR count). The van der Waals surface area contributed by atoms with Crippen LogP contribution in [0.1, 0.15) is 24.1 Å². The molecule has 0 saturated heterocycles. The van der Waals surface area contributed by atoms with E-state index in [2.05, 4.69) is 22.2 Å². The molecule has 0 atom stereocenters. The van der Waals surface area contributed by atoms with Crippen molar-refractivity contribution in [3.63, 3.8) is 0 Å². The Kier molecular flexibility index (Phi) is 4.14. The van der Waals surface area contributed by atoms with Gasteiger partial charge in [0.2, 0.25) is 0 Å². The van der Waals surface area contributed by atoms with Crippen molar-refractivity contribution in [2.75, 3.05) is 25.5 Å². The molecule has 0 aromatic carbocycles. The highest BCUT2D eigenvalue weighted by Gasteiger charge is 2.25. The van der Waals surface area contributed by atoms with E-state index in [0.29, 0.717) is 4.99 Å². The molecule has 1 fully saturated rings. The molecule has 0 unspecified atom stereocenters. The number of nitrogens with zero attached hydrogens (tertiary/aromatic N) is 2. The smallest absolute Gasteiger partial charge is 0.136 e. The molecule has 4 nitrogen and oxygen atoms in total. The van der Waals surface area contributed by atoms with E-state index in [9.17, 15) is 0 Å². The summed E-state index contributed by atoms with van der Waals surface area (Å²) in [5.41, 5.74) is 7.48. The number of hydrogen-bond donors (Lipinski definition) is 2. The lowest BCUT2D eigenvalue weighted by Crippen LogP contribution is -2.27. The van der Waals surface area contributed by atoms with Crippen LogP contribution < -0.4 is 11.1 Å². The van der Waals surface area contributed by atoms with Crippen molar-refractivity contribution in [2.24, 2.45) is 5.73 Å². The third kappa shape index (κ3) is 3.40. The first-order chi connectivity index (χ1) is 8.58. The van der Waals surface area contributed by atoms with Gasteiger partial charge in [-0.2, -0.15) is 0 Å². The fourth-order valence-corrected chi connectivity index (χ4v) is 2.10. The zero-order valence-electron chi connectivity index (χ0n) is 10.9. The van der Waals surface area contributed by atoms with Gasteiger partial charge in [0.05, 0.1) is 5.56 Å². The van der Waals surface area contributed by atoms with Crippen molar-refractivity contribution < 1.29 is 0 Å². The lowest BCUT2D eigenvalue weighted by molar-refractivity contribution is 0.337. The number of aryl methyl sites for hydroxylation is 1. The van der Waals surface area contributed by atoms with Gasteiger partial charge in [-0.15, -0.1) is 0 Å². The van der Waals surface area contributed by atoms with Gasteiger partial charge in [-0.25, -0.2) is 4.98 Å².